The third-order valence-electron chi connectivity index (χ3n) is 3.45. The van der Waals surface area contributed by atoms with E-state index < -0.39 is 0 Å². The Kier molecular flexibility index (Phi) is 1.78. The molecule has 0 saturated carbocycles. The van der Waals surface area contributed by atoms with E-state index in [2.05, 4.69) is 61.5 Å². The number of para-hydroxylation sites is 1. The van der Waals surface area contributed by atoms with Crippen LogP contribution in [0.1, 0.15) is 5.56 Å². The summed E-state index contributed by atoms with van der Waals surface area (Å²) in [5, 5.41) is 2.40. The Hall–Kier alpha value is -1.89. The fraction of sp³-hybridized carbons (Fsp3) is 0.133. The molecule has 0 fully saturated rings. The van der Waals surface area contributed by atoms with Gasteiger partial charge in [-0.1, -0.05) is 18.7 Å². The maximum Gasteiger partial charge on any atom is 0.213 e. The molecule has 0 aliphatic carbocycles. The van der Waals surface area contributed by atoms with Gasteiger partial charge in [0.1, 0.15) is 7.05 Å². The normalized spacial score (nSPS) is 12.5. The molecular formula is C15H14N+. The number of hydrogen-bond acceptors (Lipinski definition) is 0. The molecule has 0 radical (unpaired) electrons. The molecule has 1 aliphatic heterocycles. The van der Waals surface area contributed by atoms with Crippen molar-refractivity contribution in [3.63, 3.8) is 0 Å². The van der Waals surface area contributed by atoms with Gasteiger partial charge in [0.05, 0.1) is 11.1 Å². The van der Waals surface area contributed by atoms with Crippen molar-refractivity contribution in [3.8, 4) is 11.1 Å². The van der Waals surface area contributed by atoms with Crippen LogP contribution in [-0.4, -0.2) is 7.05 Å². The summed E-state index contributed by atoms with van der Waals surface area (Å²) in [7, 11) is 2.12. The molecule has 16 heavy (non-hydrogen) atoms. The first-order chi connectivity index (χ1) is 7.70. The molecule has 0 amide bonds. The standard InChI is InChI=1S/C15H14N/c1-10-8-9-14-15(11(10)2)12-6-4-5-7-13(12)16(14)3/h4-9H,1H2,2-3H3/q+1. The minimum atomic E-state index is 1.11. The summed E-state index contributed by atoms with van der Waals surface area (Å²) in [6.07, 6.45) is 0. The second-order valence-electron chi connectivity index (χ2n) is 4.32. The second kappa shape index (κ2) is 3.05. The summed E-state index contributed by atoms with van der Waals surface area (Å²) in [4.78, 5) is 0. The lowest BCUT2D eigenvalue weighted by molar-refractivity contribution is 0.918. The summed E-state index contributed by atoms with van der Waals surface area (Å²) < 4.78 is 2.25. The summed E-state index contributed by atoms with van der Waals surface area (Å²) in [5.41, 5.74) is 5.23. The highest BCUT2D eigenvalue weighted by Gasteiger charge is 2.25. The Morgan fingerprint density at radius 1 is 1.06 bits per heavy atom. The second-order valence-corrected chi connectivity index (χ2v) is 4.32. The molecule has 2 aromatic carbocycles. The molecule has 1 aliphatic rings. The van der Waals surface area contributed by atoms with Crippen molar-refractivity contribution in [2.75, 3.05) is 7.05 Å². The van der Waals surface area contributed by atoms with Crippen molar-refractivity contribution in [2.24, 2.45) is 0 Å². The quantitative estimate of drug-likeness (QED) is 0.581. The van der Waals surface area contributed by atoms with Crippen LogP contribution < -0.4 is 15.2 Å². The van der Waals surface area contributed by atoms with Gasteiger partial charge in [0, 0.05) is 12.1 Å². The molecule has 78 valence electrons. The molecule has 2 aromatic rings. The molecule has 0 aromatic heterocycles. The van der Waals surface area contributed by atoms with Crippen molar-refractivity contribution < 1.29 is 0 Å². The Morgan fingerprint density at radius 2 is 1.81 bits per heavy atom. The molecular weight excluding hydrogens is 194 g/mol. The summed E-state index contributed by atoms with van der Waals surface area (Å²) in [6, 6.07) is 12.8. The molecule has 0 bridgehead atoms. The monoisotopic (exact) mass is 208 g/mol. The number of nitrogens with zero attached hydrogens (tertiary/aromatic N) is 1. The van der Waals surface area contributed by atoms with Crippen molar-refractivity contribution >= 4 is 12.3 Å². The van der Waals surface area contributed by atoms with E-state index >= 15 is 0 Å². The molecule has 0 atom stereocenters. The van der Waals surface area contributed by atoms with Gasteiger partial charge >= 0.3 is 0 Å². The number of benzene rings is 2. The minimum absolute atomic E-state index is 1.11. The highest BCUT2D eigenvalue weighted by molar-refractivity contribution is 5.81. The van der Waals surface area contributed by atoms with E-state index in [4.69, 9.17) is 0 Å². The third-order valence-corrected chi connectivity index (χ3v) is 3.45. The number of hydrogen-bond donors (Lipinski definition) is 0. The average Bonchev–Trinajstić information content (AvgIpc) is 2.59. The highest BCUT2D eigenvalue weighted by Crippen LogP contribution is 2.30. The number of fused-ring (bicyclic) bond motifs is 3. The van der Waals surface area contributed by atoms with Gasteiger partial charge in [-0.3, -0.25) is 0 Å². The van der Waals surface area contributed by atoms with Crippen LogP contribution in [0.25, 0.3) is 17.7 Å². The topological polar surface area (TPSA) is 3.01 Å². The Labute approximate surface area is 95.0 Å². The van der Waals surface area contributed by atoms with Crippen LogP contribution in [0.3, 0.4) is 0 Å². The van der Waals surface area contributed by atoms with Gasteiger partial charge in [0.2, 0.25) is 11.0 Å². The zero-order valence-electron chi connectivity index (χ0n) is 9.62. The van der Waals surface area contributed by atoms with E-state index in [-0.39, 0.29) is 0 Å². The van der Waals surface area contributed by atoms with Gasteiger partial charge < -0.3 is 0 Å². The third kappa shape index (κ3) is 1.03. The van der Waals surface area contributed by atoms with Gasteiger partial charge in [-0.25, -0.2) is 0 Å². The van der Waals surface area contributed by atoms with E-state index in [0.717, 1.165) is 5.22 Å². The summed E-state index contributed by atoms with van der Waals surface area (Å²) in [6.45, 7) is 6.23. The van der Waals surface area contributed by atoms with Crippen LogP contribution >= 0.6 is 0 Å². The van der Waals surface area contributed by atoms with E-state index in [0.29, 0.717) is 0 Å². The summed E-state index contributed by atoms with van der Waals surface area (Å²) in [5.74, 6) is 0. The average molecular weight is 208 g/mol. The van der Waals surface area contributed by atoms with Crippen LogP contribution in [-0.2, 0) is 0 Å². The van der Waals surface area contributed by atoms with Crippen LogP contribution in [0, 0.1) is 6.92 Å². The van der Waals surface area contributed by atoms with Crippen molar-refractivity contribution in [1.82, 2.24) is 4.58 Å². The molecule has 0 unspecified atom stereocenters. The van der Waals surface area contributed by atoms with Crippen molar-refractivity contribution in [2.45, 2.75) is 6.92 Å². The Morgan fingerprint density at radius 3 is 2.62 bits per heavy atom. The fourth-order valence-corrected chi connectivity index (χ4v) is 2.47. The molecule has 1 heterocycles. The summed E-state index contributed by atoms with van der Waals surface area (Å²) >= 11 is 0. The van der Waals surface area contributed by atoms with Crippen molar-refractivity contribution in [3.05, 3.63) is 52.5 Å². The highest BCUT2D eigenvalue weighted by atomic mass is 15.0. The van der Waals surface area contributed by atoms with Crippen LogP contribution in [0.4, 0.5) is 5.69 Å². The van der Waals surface area contributed by atoms with Crippen LogP contribution in [0.15, 0.2) is 36.4 Å². The van der Waals surface area contributed by atoms with E-state index in [9.17, 15) is 0 Å². The SMILES string of the molecule is C=c1ccc2c(c1C)-c1ccccc1[N+]=2C. The van der Waals surface area contributed by atoms with Gasteiger partial charge in [-0.05, 0) is 29.8 Å². The predicted octanol–water partition coefficient (Wildman–Crippen LogP) is 1.84. The first-order valence-corrected chi connectivity index (χ1v) is 5.49. The molecule has 0 saturated heterocycles. The number of rotatable bonds is 0. The fourth-order valence-electron chi connectivity index (χ4n) is 2.47. The predicted molar refractivity (Wildman–Crippen MR) is 68.2 cm³/mol. The Balaban J connectivity index is 2.56. The first kappa shape index (κ1) is 9.34. The van der Waals surface area contributed by atoms with E-state index in [1.807, 2.05) is 0 Å². The maximum absolute atomic E-state index is 4.08. The molecule has 0 spiro atoms. The van der Waals surface area contributed by atoms with Gasteiger partial charge in [-0.15, -0.1) is 0 Å². The maximum atomic E-state index is 4.08. The van der Waals surface area contributed by atoms with E-state index in [1.165, 1.54) is 27.7 Å². The lowest BCUT2D eigenvalue weighted by Crippen LogP contribution is -2.21. The smallest absolute Gasteiger partial charge is 0.194 e. The molecule has 1 nitrogen and oxygen atoms in total. The lowest BCUT2D eigenvalue weighted by atomic mass is 9.99. The lowest BCUT2D eigenvalue weighted by Gasteiger charge is -1.99. The van der Waals surface area contributed by atoms with Crippen LogP contribution in [0.5, 0.6) is 0 Å². The van der Waals surface area contributed by atoms with Gasteiger partial charge in [0.15, 0.2) is 0 Å². The minimum Gasteiger partial charge on any atom is -0.194 e. The molecule has 0 N–H and O–H groups in total. The molecule has 1 heteroatoms. The van der Waals surface area contributed by atoms with Gasteiger partial charge in [-0.2, -0.15) is 4.58 Å². The zero-order chi connectivity index (χ0) is 11.3. The Bertz CT molecular complexity index is 696. The zero-order valence-corrected chi connectivity index (χ0v) is 9.62. The van der Waals surface area contributed by atoms with Crippen LogP contribution in [0.2, 0.25) is 0 Å². The van der Waals surface area contributed by atoms with E-state index in [1.54, 1.807) is 0 Å². The first-order valence-electron chi connectivity index (χ1n) is 5.49. The largest absolute Gasteiger partial charge is 0.213 e. The van der Waals surface area contributed by atoms with Gasteiger partial charge in [0.25, 0.3) is 0 Å². The molecule has 3 rings (SSSR count). The van der Waals surface area contributed by atoms with Crippen molar-refractivity contribution in [1.29, 1.82) is 0 Å².